The molecule has 0 aliphatic heterocycles. The normalized spacial score (nSPS) is 10.2. The number of benzene rings is 1. The molecule has 0 aliphatic rings. The van der Waals surface area contributed by atoms with Crippen molar-refractivity contribution >= 4 is 11.7 Å². The van der Waals surface area contributed by atoms with Gasteiger partial charge in [0, 0.05) is 7.05 Å². The molecular formula is C12H15N5O2. The van der Waals surface area contributed by atoms with Crippen LogP contribution in [-0.4, -0.2) is 34.6 Å². The maximum Gasteiger partial charge on any atom is 0.275 e. The summed E-state index contributed by atoms with van der Waals surface area (Å²) in [5.41, 5.74) is 6.63. The molecule has 1 aromatic carbocycles. The Labute approximate surface area is 110 Å². The van der Waals surface area contributed by atoms with E-state index in [1.54, 1.807) is 12.1 Å². The SMILES string of the molecule is CCOc1ccccc1-n1nnc(C(=O)NC)c1N. The summed E-state index contributed by atoms with van der Waals surface area (Å²) in [7, 11) is 1.51. The van der Waals surface area contributed by atoms with Gasteiger partial charge in [0.25, 0.3) is 5.91 Å². The zero-order chi connectivity index (χ0) is 13.8. The van der Waals surface area contributed by atoms with Gasteiger partial charge in [-0.25, -0.2) is 0 Å². The molecule has 1 aromatic heterocycles. The summed E-state index contributed by atoms with van der Waals surface area (Å²) in [6, 6.07) is 7.28. The summed E-state index contributed by atoms with van der Waals surface area (Å²) < 4.78 is 6.88. The lowest BCUT2D eigenvalue weighted by Gasteiger charge is -2.10. The number of nitrogens with one attached hydrogen (secondary N) is 1. The summed E-state index contributed by atoms with van der Waals surface area (Å²) >= 11 is 0. The van der Waals surface area contributed by atoms with Crippen molar-refractivity contribution in [2.24, 2.45) is 0 Å². The van der Waals surface area contributed by atoms with E-state index >= 15 is 0 Å². The van der Waals surface area contributed by atoms with Crippen LogP contribution in [0.5, 0.6) is 5.75 Å². The zero-order valence-electron chi connectivity index (χ0n) is 10.8. The van der Waals surface area contributed by atoms with Gasteiger partial charge in [-0.05, 0) is 19.1 Å². The first-order chi connectivity index (χ1) is 9.19. The van der Waals surface area contributed by atoms with Crippen LogP contribution in [0.25, 0.3) is 5.69 Å². The molecule has 7 nitrogen and oxygen atoms in total. The van der Waals surface area contributed by atoms with E-state index in [2.05, 4.69) is 15.6 Å². The molecule has 1 heterocycles. The predicted octanol–water partition coefficient (Wildman–Crippen LogP) is 0.608. The number of amides is 1. The topological polar surface area (TPSA) is 95.1 Å². The summed E-state index contributed by atoms with van der Waals surface area (Å²) in [6.45, 7) is 2.41. The molecule has 0 radical (unpaired) electrons. The monoisotopic (exact) mass is 261 g/mol. The lowest BCUT2D eigenvalue weighted by molar-refractivity contribution is 0.0959. The highest BCUT2D eigenvalue weighted by Gasteiger charge is 2.18. The summed E-state index contributed by atoms with van der Waals surface area (Å²) in [5, 5.41) is 10.1. The highest BCUT2D eigenvalue weighted by atomic mass is 16.5. The van der Waals surface area contributed by atoms with Crippen LogP contribution in [-0.2, 0) is 0 Å². The molecule has 100 valence electrons. The van der Waals surface area contributed by atoms with Gasteiger partial charge in [0.15, 0.2) is 11.5 Å². The molecule has 0 bridgehead atoms. The molecule has 0 aliphatic carbocycles. The molecule has 3 N–H and O–H groups in total. The Bertz CT molecular complexity index is 594. The number of carbonyl (C=O) groups is 1. The van der Waals surface area contributed by atoms with Crippen LogP contribution in [0.2, 0.25) is 0 Å². The molecule has 0 saturated heterocycles. The number of anilines is 1. The number of rotatable bonds is 4. The van der Waals surface area contributed by atoms with Crippen LogP contribution in [0.3, 0.4) is 0 Å². The number of aromatic nitrogens is 3. The molecular weight excluding hydrogens is 246 g/mol. The maximum atomic E-state index is 11.6. The summed E-state index contributed by atoms with van der Waals surface area (Å²) in [6.07, 6.45) is 0. The fraction of sp³-hybridized carbons (Fsp3) is 0.250. The Balaban J connectivity index is 2.48. The van der Waals surface area contributed by atoms with Crippen LogP contribution < -0.4 is 15.8 Å². The van der Waals surface area contributed by atoms with Crippen LogP contribution >= 0.6 is 0 Å². The second-order valence-corrected chi connectivity index (χ2v) is 3.71. The number of nitrogens with two attached hydrogens (primary N) is 1. The van der Waals surface area contributed by atoms with Gasteiger partial charge >= 0.3 is 0 Å². The Morgan fingerprint density at radius 2 is 2.21 bits per heavy atom. The van der Waals surface area contributed by atoms with Gasteiger partial charge in [-0.1, -0.05) is 17.3 Å². The lowest BCUT2D eigenvalue weighted by atomic mass is 10.3. The van der Waals surface area contributed by atoms with Gasteiger partial charge in [0.1, 0.15) is 11.4 Å². The first kappa shape index (κ1) is 12.9. The quantitative estimate of drug-likeness (QED) is 0.840. The lowest BCUT2D eigenvalue weighted by Crippen LogP contribution is -2.20. The number of hydrogen-bond acceptors (Lipinski definition) is 5. The van der Waals surface area contributed by atoms with Gasteiger partial charge < -0.3 is 15.8 Å². The Morgan fingerprint density at radius 1 is 1.47 bits per heavy atom. The second-order valence-electron chi connectivity index (χ2n) is 3.71. The van der Waals surface area contributed by atoms with Gasteiger partial charge in [-0.2, -0.15) is 4.68 Å². The van der Waals surface area contributed by atoms with Crippen molar-refractivity contribution in [2.45, 2.75) is 6.92 Å². The van der Waals surface area contributed by atoms with Crippen molar-refractivity contribution in [2.75, 3.05) is 19.4 Å². The van der Waals surface area contributed by atoms with Crippen molar-refractivity contribution in [1.29, 1.82) is 0 Å². The number of carbonyl (C=O) groups excluding carboxylic acids is 1. The largest absolute Gasteiger partial charge is 0.492 e. The van der Waals surface area contributed by atoms with Crippen molar-refractivity contribution in [3.63, 3.8) is 0 Å². The predicted molar refractivity (Wildman–Crippen MR) is 70.3 cm³/mol. The maximum absolute atomic E-state index is 11.6. The Hall–Kier alpha value is -2.57. The average Bonchev–Trinajstić information content (AvgIpc) is 2.81. The second kappa shape index (κ2) is 5.38. The standard InChI is InChI=1S/C12H15N5O2/c1-3-19-9-7-5-4-6-8(9)17-11(13)10(15-16-17)12(18)14-2/h4-7H,3,13H2,1-2H3,(H,14,18). The average molecular weight is 261 g/mol. The van der Waals surface area contributed by atoms with E-state index in [4.69, 9.17) is 10.5 Å². The van der Waals surface area contributed by atoms with Gasteiger partial charge in [0.2, 0.25) is 0 Å². The van der Waals surface area contributed by atoms with Crippen LogP contribution in [0, 0.1) is 0 Å². The van der Waals surface area contributed by atoms with Crippen molar-refractivity contribution in [3.8, 4) is 11.4 Å². The number of nitrogens with zero attached hydrogens (tertiary/aromatic N) is 3. The number of nitrogen functional groups attached to an aromatic ring is 1. The van der Waals surface area contributed by atoms with Crippen molar-refractivity contribution in [3.05, 3.63) is 30.0 Å². The van der Waals surface area contributed by atoms with Gasteiger partial charge in [-0.3, -0.25) is 4.79 Å². The summed E-state index contributed by atoms with van der Waals surface area (Å²) in [5.74, 6) is 0.425. The van der Waals surface area contributed by atoms with E-state index in [0.717, 1.165) is 0 Å². The third kappa shape index (κ3) is 2.35. The van der Waals surface area contributed by atoms with Crippen LogP contribution in [0.15, 0.2) is 24.3 Å². The third-order valence-electron chi connectivity index (χ3n) is 2.54. The first-order valence-corrected chi connectivity index (χ1v) is 5.84. The first-order valence-electron chi connectivity index (χ1n) is 5.84. The Kier molecular flexibility index (Phi) is 3.65. The molecule has 7 heteroatoms. The van der Waals surface area contributed by atoms with Crippen LogP contribution in [0.1, 0.15) is 17.4 Å². The number of hydrogen-bond donors (Lipinski definition) is 2. The molecule has 1 amide bonds. The minimum Gasteiger partial charge on any atom is -0.492 e. The van der Waals surface area contributed by atoms with E-state index in [9.17, 15) is 4.79 Å². The smallest absolute Gasteiger partial charge is 0.275 e. The van der Waals surface area contributed by atoms with E-state index in [-0.39, 0.29) is 17.4 Å². The van der Waals surface area contributed by atoms with E-state index < -0.39 is 0 Å². The minimum absolute atomic E-state index is 0.0915. The van der Waals surface area contributed by atoms with Crippen LogP contribution in [0.4, 0.5) is 5.82 Å². The van der Waals surface area contributed by atoms with E-state index in [1.807, 2.05) is 19.1 Å². The molecule has 0 atom stereocenters. The van der Waals surface area contributed by atoms with Crippen molar-refractivity contribution in [1.82, 2.24) is 20.3 Å². The van der Waals surface area contributed by atoms with E-state index in [0.29, 0.717) is 18.0 Å². The summed E-state index contributed by atoms with van der Waals surface area (Å²) in [4.78, 5) is 11.6. The fourth-order valence-electron chi connectivity index (χ4n) is 1.66. The van der Waals surface area contributed by atoms with E-state index in [1.165, 1.54) is 11.7 Å². The molecule has 0 saturated carbocycles. The van der Waals surface area contributed by atoms with Crippen molar-refractivity contribution < 1.29 is 9.53 Å². The third-order valence-corrected chi connectivity index (χ3v) is 2.54. The minimum atomic E-state index is -0.377. The molecule has 0 fully saturated rings. The number of para-hydroxylation sites is 2. The molecule has 2 aromatic rings. The molecule has 0 unspecified atom stereocenters. The fourth-order valence-corrected chi connectivity index (χ4v) is 1.66. The molecule has 0 spiro atoms. The van der Waals surface area contributed by atoms with Gasteiger partial charge in [0.05, 0.1) is 6.61 Å². The zero-order valence-corrected chi connectivity index (χ0v) is 10.8. The highest BCUT2D eigenvalue weighted by Crippen LogP contribution is 2.24. The molecule has 19 heavy (non-hydrogen) atoms. The Morgan fingerprint density at radius 3 is 2.89 bits per heavy atom. The highest BCUT2D eigenvalue weighted by molar-refractivity contribution is 5.96. The van der Waals surface area contributed by atoms with Gasteiger partial charge in [-0.15, -0.1) is 5.10 Å². The number of ether oxygens (including phenoxy) is 1. The molecule has 2 rings (SSSR count).